The fourth-order valence-corrected chi connectivity index (χ4v) is 5.30. The Morgan fingerprint density at radius 2 is 1.03 bits per heavy atom. The van der Waals surface area contributed by atoms with E-state index in [1.807, 2.05) is 12.1 Å². The van der Waals surface area contributed by atoms with Gasteiger partial charge in [-0.2, -0.15) is 0 Å². The van der Waals surface area contributed by atoms with Crippen LogP contribution in [0, 0.1) is 0 Å². The lowest BCUT2D eigenvalue weighted by atomic mass is 9.95. The molecule has 0 saturated heterocycles. The zero-order valence-corrected chi connectivity index (χ0v) is 20.8. The van der Waals surface area contributed by atoms with E-state index in [1.54, 1.807) is 0 Å². The summed E-state index contributed by atoms with van der Waals surface area (Å²) < 4.78 is 6.39. The molecule has 0 amide bonds. The maximum atomic E-state index is 6.39. The number of hydrogen-bond donors (Lipinski definition) is 0. The number of nitrogens with zero attached hydrogens (tertiary/aromatic N) is 1. The quantitative estimate of drug-likeness (QED) is 0.240. The molecular weight excluding hydrogens is 462 g/mol. The van der Waals surface area contributed by atoms with Crippen LogP contribution in [-0.4, -0.2) is 0 Å². The first-order chi connectivity index (χ1) is 18.9. The van der Waals surface area contributed by atoms with Crippen LogP contribution >= 0.6 is 0 Å². The van der Waals surface area contributed by atoms with Gasteiger partial charge in [-0.05, 0) is 53.6 Å². The van der Waals surface area contributed by atoms with Crippen molar-refractivity contribution in [3.05, 3.63) is 152 Å². The van der Waals surface area contributed by atoms with Gasteiger partial charge >= 0.3 is 0 Å². The summed E-state index contributed by atoms with van der Waals surface area (Å²) in [6.07, 6.45) is 0. The van der Waals surface area contributed by atoms with Crippen LogP contribution in [0.25, 0.3) is 44.2 Å². The molecule has 0 saturated carbocycles. The summed E-state index contributed by atoms with van der Waals surface area (Å²) in [5, 5.41) is 2.28. The standard InChI is InChI=1S/C36H25NO/c1-4-13-26(14-5-1)33-25-27(30-20-12-21-32-31-19-10-11-22-35(31)38-36(30)32)23-24-34(33)37(28-15-6-2-7-16-28)29-17-8-3-9-18-29/h1-25H. The molecule has 0 radical (unpaired) electrons. The number of rotatable bonds is 5. The van der Waals surface area contributed by atoms with E-state index in [4.69, 9.17) is 4.42 Å². The van der Waals surface area contributed by atoms with Crippen molar-refractivity contribution in [3.63, 3.8) is 0 Å². The minimum absolute atomic E-state index is 0.911. The van der Waals surface area contributed by atoms with Gasteiger partial charge in [0, 0.05) is 33.3 Å². The second kappa shape index (κ2) is 9.42. The van der Waals surface area contributed by atoms with Crippen molar-refractivity contribution in [2.24, 2.45) is 0 Å². The largest absolute Gasteiger partial charge is 0.455 e. The topological polar surface area (TPSA) is 16.4 Å². The van der Waals surface area contributed by atoms with Gasteiger partial charge in [0.05, 0.1) is 5.69 Å². The van der Waals surface area contributed by atoms with E-state index in [1.165, 1.54) is 0 Å². The molecule has 0 aliphatic heterocycles. The van der Waals surface area contributed by atoms with Crippen LogP contribution in [0.3, 0.4) is 0 Å². The van der Waals surface area contributed by atoms with Crippen LogP contribution in [0.1, 0.15) is 0 Å². The summed E-state index contributed by atoms with van der Waals surface area (Å²) in [4.78, 5) is 2.33. The molecule has 0 aliphatic carbocycles. The van der Waals surface area contributed by atoms with Crippen LogP contribution < -0.4 is 4.90 Å². The normalized spacial score (nSPS) is 11.2. The fraction of sp³-hybridized carbons (Fsp3) is 0. The highest BCUT2D eigenvalue weighted by Gasteiger charge is 2.19. The third-order valence-electron chi connectivity index (χ3n) is 7.07. The lowest BCUT2D eigenvalue weighted by Gasteiger charge is -2.28. The van der Waals surface area contributed by atoms with Crippen molar-refractivity contribution in [2.45, 2.75) is 0 Å². The molecule has 0 N–H and O–H groups in total. The highest BCUT2D eigenvalue weighted by atomic mass is 16.3. The molecule has 6 aromatic carbocycles. The molecule has 180 valence electrons. The predicted molar refractivity (Wildman–Crippen MR) is 159 cm³/mol. The van der Waals surface area contributed by atoms with Crippen molar-refractivity contribution in [3.8, 4) is 22.3 Å². The molecule has 0 spiro atoms. The molecule has 7 aromatic rings. The third-order valence-corrected chi connectivity index (χ3v) is 7.07. The monoisotopic (exact) mass is 487 g/mol. The number of hydrogen-bond acceptors (Lipinski definition) is 2. The van der Waals surface area contributed by atoms with Gasteiger partial charge < -0.3 is 9.32 Å². The lowest BCUT2D eigenvalue weighted by Crippen LogP contribution is -2.11. The first kappa shape index (κ1) is 22.1. The van der Waals surface area contributed by atoms with Gasteiger partial charge in [0.25, 0.3) is 0 Å². The van der Waals surface area contributed by atoms with E-state index >= 15 is 0 Å². The van der Waals surface area contributed by atoms with Gasteiger partial charge in [-0.3, -0.25) is 0 Å². The van der Waals surface area contributed by atoms with Crippen molar-refractivity contribution in [2.75, 3.05) is 4.90 Å². The van der Waals surface area contributed by atoms with Gasteiger partial charge in [-0.1, -0.05) is 109 Å². The second-order valence-corrected chi connectivity index (χ2v) is 9.38. The van der Waals surface area contributed by atoms with E-state index in [-0.39, 0.29) is 0 Å². The molecule has 0 unspecified atom stereocenters. The highest BCUT2D eigenvalue weighted by molar-refractivity contribution is 6.09. The molecule has 0 bridgehead atoms. The number of fused-ring (bicyclic) bond motifs is 3. The van der Waals surface area contributed by atoms with Gasteiger partial charge in [0.15, 0.2) is 0 Å². The second-order valence-electron chi connectivity index (χ2n) is 9.38. The molecular formula is C36H25NO. The number of furan rings is 1. The van der Waals surface area contributed by atoms with E-state index in [0.29, 0.717) is 0 Å². The van der Waals surface area contributed by atoms with Crippen LogP contribution in [-0.2, 0) is 0 Å². The molecule has 1 heterocycles. The Hall–Kier alpha value is -5.08. The van der Waals surface area contributed by atoms with Gasteiger partial charge in [0.1, 0.15) is 11.2 Å². The number of benzene rings is 6. The maximum absolute atomic E-state index is 6.39. The average Bonchev–Trinajstić information content (AvgIpc) is 3.38. The minimum Gasteiger partial charge on any atom is -0.455 e. The molecule has 2 nitrogen and oxygen atoms in total. The number of para-hydroxylation sites is 4. The summed E-state index contributed by atoms with van der Waals surface area (Å²) in [6.45, 7) is 0. The zero-order valence-electron chi connectivity index (χ0n) is 20.8. The predicted octanol–water partition coefficient (Wildman–Crippen LogP) is 10.4. The SMILES string of the molecule is c1ccc(-c2cc(-c3cccc4c3oc3ccccc34)ccc2N(c2ccccc2)c2ccccc2)cc1. The highest BCUT2D eigenvalue weighted by Crippen LogP contribution is 2.43. The smallest absolute Gasteiger partial charge is 0.143 e. The first-order valence-corrected chi connectivity index (χ1v) is 12.9. The summed E-state index contributed by atoms with van der Waals surface area (Å²) in [5.74, 6) is 0. The van der Waals surface area contributed by atoms with Crippen molar-refractivity contribution in [1.82, 2.24) is 0 Å². The first-order valence-electron chi connectivity index (χ1n) is 12.9. The van der Waals surface area contributed by atoms with Gasteiger partial charge in [0.2, 0.25) is 0 Å². The fourth-order valence-electron chi connectivity index (χ4n) is 5.30. The van der Waals surface area contributed by atoms with E-state index in [0.717, 1.165) is 61.3 Å². The summed E-state index contributed by atoms with van der Waals surface area (Å²) >= 11 is 0. The van der Waals surface area contributed by atoms with Crippen LogP contribution in [0.15, 0.2) is 156 Å². The molecule has 0 aliphatic rings. The van der Waals surface area contributed by atoms with Crippen molar-refractivity contribution < 1.29 is 4.42 Å². The molecule has 0 fully saturated rings. The Bertz CT molecular complexity index is 1820. The lowest BCUT2D eigenvalue weighted by molar-refractivity contribution is 0.670. The van der Waals surface area contributed by atoms with E-state index in [2.05, 4.69) is 144 Å². The Labute approximate surface area is 222 Å². The zero-order chi connectivity index (χ0) is 25.3. The molecule has 38 heavy (non-hydrogen) atoms. The Morgan fingerprint density at radius 3 is 1.74 bits per heavy atom. The van der Waals surface area contributed by atoms with Gasteiger partial charge in [-0.25, -0.2) is 0 Å². The van der Waals surface area contributed by atoms with Gasteiger partial charge in [-0.15, -0.1) is 0 Å². The number of anilines is 3. The summed E-state index contributed by atoms with van der Waals surface area (Å²) in [6, 6.07) is 53.1. The Balaban J connectivity index is 1.48. The van der Waals surface area contributed by atoms with Crippen molar-refractivity contribution >= 4 is 39.0 Å². The molecule has 2 heteroatoms. The van der Waals surface area contributed by atoms with Crippen LogP contribution in [0.5, 0.6) is 0 Å². The van der Waals surface area contributed by atoms with Crippen molar-refractivity contribution in [1.29, 1.82) is 0 Å². The van der Waals surface area contributed by atoms with E-state index < -0.39 is 0 Å². The molecule has 0 atom stereocenters. The Kier molecular flexibility index (Phi) is 5.49. The van der Waals surface area contributed by atoms with Crippen LogP contribution in [0.2, 0.25) is 0 Å². The third kappa shape index (κ3) is 3.84. The minimum atomic E-state index is 0.911. The maximum Gasteiger partial charge on any atom is 0.143 e. The molecule has 1 aromatic heterocycles. The molecule has 7 rings (SSSR count). The van der Waals surface area contributed by atoms with E-state index in [9.17, 15) is 0 Å². The van der Waals surface area contributed by atoms with Crippen LogP contribution in [0.4, 0.5) is 17.1 Å². The average molecular weight is 488 g/mol. The summed E-state index contributed by atoms with van der Waals surface area (Å²) in [7, 11) is 0. The summed E-state index contributed by atoms with van der Waals surface area (Å²) in [5.41, 5.74) is 9.71. The Morgan fingerprint density at radius 1 is 0.421 bits per heavy atom.